The van der Waals surface area contributed by atoms with Crippen molar-refractivity contribution in [2.45, 2.75) is 32.1 Å². The lowest BCUT2D eigenvalue weighted by atomic mass is 10.3. The number of carbonyl (C=O) groups is 3. The first-order chi connectivity index (χ1) is 11.5. The van der Waals surface area contributed by atoms with Gasteiger partial charge in [-0.3, -0.25) is 14.4 Å². The minimum atomic E-state index is -0.556. The van der Waals surface area contributed by atoms with Crippen LogP contribution in [0.2, 0.25) is 0 Å². The van der Waals surface area contributed by atoms with Crippen LogP contribution in [0.25, 0.3) is 0 Å². The van der Waals surface area contributed by atoms with Crippen molar-refractivity contribution >= 4 is 17.8 Å². The molecule has 0 bridgehead atoms. The molecule has 0 atom stereocenters. The van der Waals surface area contributed by atoms with Crippen LogP contribution in [0.4, 0.5) is 0 Å². The summed E-state index contributed by atoms with van der Waals surface area (Å²) in [5.41, 5.74) is 0. The minimum absolute atomic E-state index is 0.0693. The van der Waals surface area contributed by atoms with Gasteiger partial charge < -0.3 is 9.64 Å². The van der Waals surface area contributed by atoms with E-state index in [9.17, 15) is 14.4 Å². The highest BCUT2D eigenvalue weighted by atomic mass is 16.6. The maximum Gasteiger partial charge on any atom is 0.317 e. The van der Waals surface area contributed by atoms with E-state index in [0.717, 1.165) is 13.0 Å². The summed E-state index contributed by atoms with van der Waals surface area (Å²) >= 11 is 0. The second-order valence-electron chi connectivity index (χ2n) is 4.37. The fraction of sp³-hybridized carbons (Fsp3) is 0.333. The number of carbonyl (C=O) groups excluding carboxylic acids is 3. The second-order valence-corrected chi connectivity index (χ2v) is 4.37. The molecule has 1 heterocycles. The normalized spacial score (nSPS) is 11.5. The molecule has 24 heavy (non-hydrogen) atoms. The van der Waals surface area contributed by atoms with Crippen LogP contribution in [-0.4, -0.2) is 29.3 Å². The molecule has 1 aliphatic rings. The molecular weight excluding hydrogens is 308 g/mol. The SMILES string of the molecule is C=CC#N.C=CCCC(=O)OC(=O)CC=C.C=CN1CCCC1=O. The maximum absolute atomic E-state index is 10.8. The van der Waals surface area contributed by atoms with Crippen molar-refractivity contribution in [3.8, 4) is 6.07 Å². The Balaban J connectivity index is 0. The third-order valence-electron chi connectivity index (χ3n) is 2.51. The molecule has 0 aromatic heterocycles. The van der Waals surface area contributed by atoms with E-state index in [-0.39, 0.29) is 18.7 Å². The Morgan fingerprint density at radius 2 is 1.83 bits per heavy atom. The van der Waals surface area contributed by atoms with Crippen LogP contribution in [0.3, 0.4) is 0 Å². The number of esters is 2. The van der Waals surface area contributed by atoms with Crippen LogP contribution in [0.15, 0.2) is 50.7 Å². The average molecular weight is 332 g/mol. The number of ether oxygens (including phenoxy) is 1. The highest BCUT2D eigenvalue weighted by Crippen LogP contribution is 2.08. The van der Waals surface area contributed by atoms with Gasteiger partial charge in [0, 0.05) is 25.5 Å². The van der Waals surface area contributed by atoms with Gasteiger partial charge in [0.2, 0.25) is 5.91 Å². The number of nitriles is 1. The molecule has 1 rings (SSSR count). The summed E-state index contributed by atoms with van der Waals surface area (Å²) in [6, 6.07) is 1.69. The topological polar surface area (TPSA) is 87.5 Å². The van der Waals surface area contributed by atoms with Gasteiger partial charge in [-0.05, 0) is 19.0 Å². The van der Waals surface area contributed by atoms with Crippen LogP contribution >= 0.6 is 0 Å². The van der Waals surface area contributed by atoms with Crippen molar-refractivity contribution in [2.75, 3.05) is 6.54 Å². The molecule has 0 aromatic rings. The van der Waals surface area contributed by atoms with E-state index < -0.39 is 11.9 Å². The van der Waals surface area contributed by atoms with E-state index in [1.807, 2.05) is 0 Å². The molecule has 6 nitrogen and oxygen atoms in total. The monoisotopic (exact) mass is 332 g/mol. The molecule has 0 spiro atoms. The molecule has 0 aliphatic carbocycles. The van der Waals surface area contributed by atoms with Gasteiger partial charge in [0.25, 0.3) is 0 Å². The highest BCUT2D eigenvalue weighted by molar-refractivity contribution is 5.86. The Labute approximate surface area is 143 Å². The molecule has 0 unspecified atom stereocenters. The zero-order valence-electron chi connectivity index (χ0n) is 13.9. The Bertz CT molecular complexity index is 504. The number of hydrogen-bond donors (Lipinski definition) is 0. The molecule has 6 heteroatoms. The zero-order chi connectivity index (χ0) is 18.8. The standard InChI is InChI=1S/C9H12O3.C6H9NO.C3H3N/c1-3-5-7-9(11)12-8(10)6-4-2;1-2-7-5-3-4-6(7)8;1-2-3-4/h3-4H,1-2,5-7H2;2H,1,3-5H2;2H,1H2. The largest absolute Gasteiger partial charge is 0.393 e. The average Bonchev–Trinajstić information content (AvgIpc) is 2.99. The molecule has 1 amide bonds. The number of rotatable bonds is 6. The zero-order valence-corrected chi connectivity index (χ0v) is 13.9. The molecular formula is C18H24N2O4. The summed E-state index contributed by atoms with van der Waals surface area (Å²) < 4.78 is 4.40. The van der Waals surface area contributed by atoms with E-state index in [1.165, 1.54) is 12.2 Å². The van der Waals surface area contributed by atoms with Gasteiger partial charge in [0.15, 0.2) is 0 Å². The van der Waals surface area contributed by atoms with E-state index in [4.69, 9.17) is 5.26 Å². The summed E-state index contributed by atoms with van der Waals surface area (Å²) in [4.78, 5) is 33.8. The van der Waals surface area contributed by atoms with Crippen LogP contribution in [-0.2, 0) is 19.1 Å². The molecule has 130 valence electrons. The van der Waals surface area contributed by atoms with E-state index >= 15 is 0 Å². The van der Waals surface area contributed by atoms with Gasteiger partial charge in [-0.2, -0.15) is 5.26 Å². The summed E-state index contributed by atoms with van der Waals surface area (Å²) in [5, 5.41) is 7.51. The fourth-order valence-electron chi connectivity index (χ4n) is 1.42. The second kappa shape index (κ2) is 16.4. The lowest BCUT2D eigenvalue weighted by Gasteiger charge is -2.05. The molecule has 1 saturated heterocycles. The van der Waals surface area contributed by atoms with Crippen LogP contribution in [0, 0.1) is 11.3 Å². The lowest BCUT2D eigenvalue weighted by Crippen LogP contribution is -2.16. The molecule has 0 aromatic carbocycles. The molecule has 0 radical (unpaired) electrons. The van der Waals surface area contributed by atoms with Gasteiger partial charge in [-0.15, -0.1) is 13.2 Å². The molecule has 1 fully saturated rings. The van der Waals surface area contributed by atoms with Gasteiger partial charge >= 0.3 is 11.9 Å². The third-order valence-corrected chi connectivity index (χ3v) is 2.51. The van der Waals surface area contributed by atoms with Crippen LogP contribution in [0.5, 0.6) is 0 Å². The maximum atomic E-state index is 10.8. The summed E-state index contributed by atoms with van der Waals surface area (Å²) in [5.74, 6) is -0.860. The van der Waals surface area contributed by atoms with Crippen molar-refractivity contribution in [1.82, 2.24) is 4.90 Å². The first kappa shape index (κ1) is 23.3. The summed E-state index contributed by atoms with van der Waals surface area (Å²) in [6.07, 6.45) is 8.25. The molecule has 0 N–H and O–H groups in total. The van der Waals surface area contributed by atoms with Gasteiger partial charge in [0.1, 0.15) is 0 Å². The Hall–Kier alpha value is -2.94. The predicted octanol–water partition coefficient (Wildman–Crippen LogP) is 3.05. The smallest absolute Gasteiger partial charge is 0.317 e. The van der Waals surface area contributed by atoms with Gasteiger partial charge in [0.05, 0.1) is 12.5 Å². The van der Waals surface area contributed by atoms with Crippen molar-refractivity contribution in [1.29, 1.82) is 5.26 Å². The predicted molar refractivity (Wildman–Crippen MR) is 92.3 cm³/mol. The minimum Gasteiger partial charge on any atom is -0.393 e. The molecule has 0 saturated carbocycles. The number of likely N-dealkylation sites (tertiary alicyclic amines) is 1. The van der Waals surface area contributed by atoms with Crippen molar-refractivity contribution in [3.63, 3.8) is 0 Å². The van der Waals surface area contributed by atoms with Crippen molar-refractivity contribution in [3.05, 3.63) is 50.7 Å². The number of amides is 1. The van der Waals surface area contributed by atoms with E-state index in [1.54, 1.807) is 23.2 Å². The number of nitrogens with zero attached hydrogens (tertiary/aromatic N) is 2. The van der Waals surface area contributed by atoms with Gasteiger partial charge in [-0.25, -0.2) is 0 Å². The van der Waals surface area contributed by atoms with Crippen LogP contribution < -0.4 is 0 Å². The summed E-state index contributed by atoms with van der Waals surface area (Å²) in [7, 11) is 0. The van der Waals surface area contributed by atoms with Gasteiger partial charge in [-0.1, -0.05) is 25.3 Å². The lowest BCUT2D eigenvalue weighted by molar-refractivity contribution is -0.158. The van der Waals surface area contributed by atoms with Crippen LogP contribution in [0.1, 0.15) is 32.1 Å². The summed E-state index contributed by atoms with van der Waals surface area (Å²) in [6.45, 7) is 14.3. The number of hydrogen-bond acceptors (Lipinski definition) is 5. The highest BCUT2D eigenvalue weighted by Gasteiger charge is 2.16. The fourth-order valence-corrected chi connectivity index (χ4v) is 1.42. The first-order valence-electron chi connectivity index (χ1n) is 7.34. The molecule has 1 aliphatic heterocycles. The quantitative estimate of drug-likeness (QED) is 0.323. The van der Waals surface area contributed by atoms with Crippen molar-refractivity contribution < 1.29 is 19.1 Å². The Kier molecular flexibility index (Phi) is 16.0. The van der Waals surface area contributed by atoms with E-state index in [0.29, 0.717) is 12.8 Å². The Morgan fingerprint density at radius 3 is 2.17 bits per heavy atom. The van der Waals surface area contributed by atoms with E-state index in [2.05, 4.69) is 31.1 Å². The third kappa shape index (κ3) is 14.0. The number of allylic oxidation sites excluding steroid dienone is 2. The first-order valence-corrected chi connectivity index (χ1v) is 7.34. The van der Waals surface area contributed by atoms with Crippen molar-refractivity contribution in [2.24, 2.45) is 0 Å². The Morgan fingerprint density at radius 1 is 1.21 bits per heavy atom.